The highest BCUT2D eigenvalue weighted by atomic mass is 19.1. The first-order chi connectivity index (χ1) is 15.4. The summed E-state index contributed by atoms with van der Waals surface area (Å²) in [7, 11) is 0. The van der Waals surface area contributed by atoms with Gasteiger partial charge in [-0.25, -0.2) is 4.39 Å². The van der Waals surface area contributed by atoms with Gasteiger partial charge in [0.2, 0.25) is 5.91 Å². The Kier molecular flexibility index (Phi) is 5.63. The number of hydrogen-bond acceptors (Lipinski definition) is 6. The van der Waals surface area contributed by atoms with Crippen LogP contribution in [0.1, 0.15) is 30.1 Å². The highest BCUT2D eigenvalue weighted by Gasteiger charge is 2.52. The first kappa shape index (κ1) is 21.3. The number of nitrogens with one attached hydrogen (secondary N) is 1. The molecule has 1 amide bonds. The molecule has 2 heterocycles. The van der Waals surface area contributed by atoms with Crippen molar-refractivity contribution in [3.8, 4) is 5.75 Å². The number of para-hydroxylation sites is 1. The fourth-order valence-electron chi connectivity index (χ4n) is 5.22. The number of carbonyl (C=O) groups excluding carboxylic acids is 1. The number of ether oxygens (including phenoxy) is 2. The molecule has 3 N–H and O–H groups in total. The van der Waals surface area contributed by atoms with E-state index in [0.29, 0.717) is 30.6 Å². The largest absolute Gasteiger partial charge is 0.490 e. The van der Waals surface area contributed by atoms with Crippen LogP contribution in [0, 0.1) is 11.7 Å². The molecule has 1 saturated heterocycles. The summed E-state index contributed by atoms with van der Waals surface area (Å²) in [5.41, 5.74) is 0.187. The van der Waals surface area contributed by atoms with Gasteiger partial charge in [-0.1, -0.05) is 18.2 Å². The number of rotatable bonds is 5. The van der Waals surface area contributed by atoms with E-state index in [4.69, 9.17) is 9.47 Å². The third-order valence-electron chi connectivity index (χ3n) is 6.68. The molecule has 8 heteroatoms. The summed E-state index contributed by atoms with van der Waals surface area (Å²) in [6.45, 7) is 1.34. The van der Waals surface area contributed by atoms with Crippen LogP contribution in [0.4, 0.5) is 10.1 Å². The number of carbonyl (C=O) groups is 1. The minimum absolute atomic E-state index is 0.0339. The summed E-state index contributed by atoms with van der Waals surface area (Å²) in [4.78, 5) is 13.6. The third-order valence-corrected chi connectivity index (χ3v) is 6.68. The molecule has 2 fully saturated rings. The van der Waals surface area contributed by atoms with Crippen molar-refractivity contribution >= 4 is 11.6 Å². The molecule has 4 atom stereocenters. The summed E-state index contributed by atoms with van der Waals surface area (Å²) in [6.07, 6.45) is 0.340. The van der Waals surface area contributed by atoms with Gasteiger partial charge in [0, 0.05) is 37.5 Å². The Morgan fingerprint density at radius 1 is 1.28 bits per heavy atom. The molecule has 0 bridgehead atoms. The van der Waals surface area contributed by atoms with Crippen LogP contribution in [0.25, 0.3) is 0 Å². The molecule has 0 unspecified atom stereocenters. The second kappa shape index (κ2) is 8.44. The molecule has 2 aliphatic heterocycles. The van der Waals surface area contributed by atoms with Gasteiger partial charge >= 0.3 is 0 Å². The van der Waals surface area contributed by atoms with E-state index >= 15 is 0 Å². The van der Waals surface area contributed by atoms with Crippen LogP contribution in [0.2, 0.25) is 0 Å². The maximum Gasteiger partial charge on any atom is 0.250 e. The Morgan fingerprint density at radius 3 is 2.88 bits per heavy atom. The number of likely N-dealkylation sites (tertiary alicyclic amines) is 1. The molecular weight excluding hydrogens is 415 g/mol. The SMILES string of the molecule is O=C1COCc2cc([C@H](O)CN3C[C@H]4C[C@H](Oc5ccccc5)C[C@@]4(O)C3)cc(F)c2N1. The van der Waals surface area contributed by atoms with Crippen molar-refractivity contribution in [3.63, 3.8) is 0 Å². The van der Waals surface area contributed by atoms with Crippen molar-refractivity contribution in [2.24, 2.45) is 5.92 Å². The molecule has 5 rings (SSSR count). The maximum absolute atomic E-state index is 14.6. The minimum Gasteiger partial charge on any atom is -0.490 e. The lowest BCUT2D eigenvalue weighted by atomic mass is 9.95. The van der Waals surface area contributed by atoms with Crippen molar-refractivity contribution in [2.45, 2.75) is 37.3 Å². The van der Waals surface area contributed by atoms with Gasteiger partial charge in [-0.05, 0) is 36.2 Å². The zero-order chi connectivity index (χ0) is 22.3. The zero-order valence-electron chi connectivity index (χ0n) is 17.7. The molecule has 3 aliphatic rings. The number of anilines is 1. The lowest BCUT2D eigenvalue weighted by Crippen LogP contribution is -2.36. The molecule has 0 aromatic heterocycles. The number of aliphatic hydroxyl groups is 2. The number of benzene rings is 2. The number of aliphatic hydroxyl groups excluding tert-OH is 1. The van der Waals surface area contributed by atoms with E-state index < -0.39 is 23.4 Å². The molecule has 2 aromatic carbocycles. The van der Waals surface area contributed by atoms with Gasteiger partial charge in [-0.2, -0.15) is 0 Å². The van der Waals surface area contributed by atoms with E-state index in [0.717, 1.165) is 12.2 Å². The predicted molar refractivity (Wildman–Crippen MR) is 115 cm³/mol. The van der Waals surface area contributed by atoms with Gasteiger partial charge in [-0.3, -0.25) is 9.69 Å². The minimum atomic E-state index is -0.924. The Bertz CT molecular complexity index is 1000. The standard InChI is InChI=1S/C24H27FN2O5/c25-20-7-15(6-16-12-31-13-22(29)26-23(16)20)21(28)11-27-10-17-8-19(9-24(17,30)14-27)32-18-4-2-1-3-5-18/h1-7,17,19,21,28,30H,8-14H2,(H,26,29)/t17-,19+,21-,24-/m1/s1. The fraction of sp³-hybridized carbons (Fsp3) is 0.458. The van der Waals surface area contributed by atoms with Crippen molar-refractivity contribution in [1.82, 2.24) is 4.90 Å². The summed E-state index contributed by atoms with van der Waals surface area (Å²) < 4.78 is 25.9. The molecular formula is C24H27FN2O5. The fourth-order valence-corrected chi connectivity index (χ4v) is 5.22. The summed E-state index contributed by atoms with van der Waals surface area (Å²) in [5.74, 6) is -0.120. The second-order valence-corrected chi connectivity index (χ2v) is 9.08. The van der Waals surface area contributed by atoms with Crippen LogP contribution in [-0.4, -0.2) is 59.0 Å². The number of fused-ring (bicyclic) bond motifs is 2. The maximum atomic E-state index is 14.6. The van der Waals surface area contributed by atoms with E-state index in [-0.39, 0.29) is 37.5 Å². The highest BCUT2D eigenvalue weighted by molar-refractivity contribution is 5.93. The topological polar surface area (TPSA) is 91.3 Å². The van der Waals surface area contributed by atoms with Gasteiger partial charge in [0.05, 0.1) is 24.0 Å². The lowest BCUT2D eigenvalue weighted by molar-refractivity contribution is -0.120. The Balaban J connectivity index is 1.22. The van der Waals surface area contributed by atoms with Crippen LogP contribution in [0.5, 0.6) is 5.75 Å². The Hall–Kier alpha value is -2.52. The molecule has 2 aromatic rings. The molecule has 7 nitrogen and oxygen atoms in total. The average Bonchev–Trinajstić information content (AvgIpc) is 3.11. The van der Waals surface area contributed by atoms with Crippen molar-refractivity contribution in [2.75, 3.05) is 31.6 Å². The van der Waals surface area contributed by atoms with Crippen LogP contribution < -0.4 is 10.1 Å². The average molecular weight is 442 g/mol. The monoisotopic (exact) mass is 442 g/mol. The lowest BCUT2D eigenvalue weighted by Gasteiger charge is -2.25. The van der Waals surface area contributed by atoms with Crippen molar-refractivity contribution < 1.29 is 28.9 Å². The number of β-amino-alcohol motifs (C(OH)–C–C–N with tert-alkyl or cyclic N) is 2. The Morgan fingerprint density at radius 2 is 2.09 bits per heavy atom. The van der Waals surface area contributed by atoms with Crippen molar-refractivity contribution in [1.29, 1.82) is 0 Å². The van der Waals surface area contributed by atoms with Gasteiger partial charge in [0.25, 0.3) is 0 Å². The van der Waals surface area contributed by atoms with Crippen molar-refractivity contribution in [3.05, 3.63) is 59.4 Å². The van der Waals surface area contributed by atoms with Crippen LogP contribution in [0.15, 0.2) is 42.5 Å². The van der Waals surface area contributed by atoms with Crippen LogP contribution in [0.3, 0.4) is 0 Å². The first-order valence-corrected chi connectivity index (χ1v) is 10.9. The van der Waals surface area contributed by atoms with Gasteiger partial charge in [-0.15, -0.1) is 0 Å². The van der Waals surface area contributed by atoms with Gasteiger partial charge in [0.1, 0.15) is 24.3 Å². The number of hydrogen-bond donors (Lipinski definition) is 3. The van der Waals surface area contributed by atoms with E-state index in [1.807, 2.05) is 35.2 Å². The van der Waals surface area contributed by atoms with Gasteiger partial charge < -0.3 is 25.0 Å². The van der Waals surface area contributed by atoms with Gasteiger partial charge in [0.15, 0.2) is 0 Å². The summed E-state index contributed by atoms with van der Waals surface area (Å²) in [6, 6.07) is 12.5. The summed E-state index contributed by atoms with van der Waals surface area (Å²) in [5, 5.41) is 24.5. The second-order valence-electron chi connectivity index (χ2n) is 9.08. The van der Waals surface area contributed by atoms with E-state index in [9.17, 15) is 19.4 Å². The molecule has 1 aliphatic carbocycles. The van der Waals surface area contributed by atoms with E-state index in [1.165, 1.54) is 6.07 Å². The molecule has 170 valence electrons. The number of amides is 1. The first-order valence-electron chi connectivity index (χ1n) is 10.9. The molecule has 0 radical (unpaired) electrons. The molecule has 32 heavy (non-hydrogen) atoms. The van der Waals surface area contributed by atoms with Crippen LogP contribution >= 0.6 is 0 Å². The summed E-state index contributed by atoms with van der Waals surface area (Å²) >= 11 is 0. The van der Waals surface area contributed by atoms with Crippen LogP contribution in [-0.2, 0) is 16.1 Å². The highest BCUT2D eigenvalue weighted by Crippen LogP contribution is 2.43. The number of nitrogens with zero attached hydrogens (tertiary/aromatic N) is 1. The number of halogens is 1. The van der Waals surface area contributed by atoms with E-state index in [2.05, 4.69) is 5.32 Å². The molecule has 1 saturated carbocycles. The normalized spacial score (nSPS) is 28.5. The molecule has 0 spiro atoms. The third kappa shape index (κ3) is 4.23. The van der Waals surface area contributed by atoms with E-state index in [1.54, 1.807) is 6.07 Å². The Labute approximate surface area is 185 Å². The zero-order valence-corrected chi connectivity index (χ0v) is 17.7. The predicted octanol–water partition coefficient (Wildman–Crippen LogP) is 2.23. The smallest absolute Gasteiger partial charge is 0.250 e. The quantitative estimate of drug-likeness (QED) is 0.658.